The van der Waals surface area contributed by atoms with Crippen LogP contribution in [-0.2, 0) is 5.88 Å². The second-order valence-corrected chi connectivity index (χ2v) is 5.57. The van der Waals surface area contributed by atoms with Gasteiger partial charge in [0.05, 0.1) is 17.4 Å². The lowest BCUT2D eigenvalue weighted by Gasteiger charge is -2.17. The third-order valence-electron chi connectivity index (χ3n) is 3.58. The van der Waals surface area contributed by atoms with Crippen molar-refractivity contribution in [1.29, 1.82) is 0 Å². The smallest absolute Gasteiger partial charge is 0.151 e. The van der Waals surface area contributed by atoms with E-state index in [0.717, 1.165) is 11.1 Å². The van der Waals surface area contributed by atoms with Crippen LogP contribution in [0.5, 0.6) is 0 Å². The molecule has 0 saturated carbocycles. The molecule has 0 bridgehead atoms. The van der Waals surface area contributed by atoms with Gasteiger partial charge >= 0.3 is 0 Å². The zero-order chi connectivity index (χ0) is 15.0. The minimum Gasteiger partial charge on any atom is -0.320 e. The van der Waals surface area contributed by atoms with Gasteiger partial charge in [0, 0.05) is 5.02 Å². The maximum atomic E-state index is 13.9. The van der Waals surface area contributed by atoms with Crippen LogP contribution in [0, 0.1) is 5.82 Å². The molecule has 0 fully saturated rings. The molecule has 1 heterocycles. The first-order valence-corrected chi connectivity index (χ1v) is 7.50. The average molecular weight is 323 g/mol. The van der Waals surface area contributed by atoms with Crippen molar-refractivity contribution >= 4 is 34.2 Å². The summed E-state index contributed by atoms with van der Waals surface area (Å²) >= 11 is 12.0. The molecule has 0 aliphatic heterocycles. The van der Waals surface area contributed by atoms with Crippen LogP contribution in [0.2, 0.25) is 5.02 Å². The van der Waals surface area contributed by atoms with Gasteiger partial charge in [-0.05, 0) is 36.8 Å². The van der Waals surface area contributed by atoms with Crippen LogP contribution in [0.25, 0.3) is 11.0 Å². The number of benzene rings is 2. The van der Waals surface area contributed by atoms with Crippen molar-refractivity contribution in [3.63, 3.8) is 0 Å². The van der Waals surface area contributed by atoms with E-state index in [9.17, 15) is 4.39 Å². The molecule has 1 aromatic heterocycles. The highest BCUT2D eigenvalue weighted by Crippen LogP contribution is 2.29. The lowest BCUT2D eigenvalue weighted by molar-refractivity contribution is 0.633. The average Bonchev–Trinajstić information content (AvgIpc) is 2.86. The van der Waals surface area contributed by atoms with Gasteiger partial charge in [-0.1, -0.05) is 29.8 Å². The summed E-state index contributed by atoms with van der Waals surface area (Å²) in [5, 5.41) is 0.669. The fourth-order valence-electron chi connectivity index (χ4n) is 2.57. The third kappa shape index (κ3) is 2.52. The van der Waals surface area contributed by atoms with Crippen molar-refractivity contribution in [1.82, 2.24) is 9.55 Å². The number of hydrogen-bond acceptors (Lipinski definition) is 1. The molecular formula is C16H13Cl2FN2. The second kappa shape index (κ2) is 5.66. The predicted octanol–water partition coefficient (Wildman–Crippen LogP) is 5.18. The van der Waals surface area contributed by atoms with Crippen molar-refractivity contribution in [3.05, 3.63) is 64.7 Å². The van der Waals surface area contributed by atoms with Gasteiger partial charge in [-0.3, -0.25) is 0 Å². The molecule has 0 aliphatic carbocycles. The summed E-state index contributed by atoms with van der Waals surface area (Å²) in [5.74, 6) is 0.527. The minimum absolute atomic E-state index is 0.0377. The number of nitrogens with zero attached hydrogens (tertiary/aromatic N) is 2. The molecule has 0 saturated heterocycles. The SMILES string of the molecule is CC(c1cccc(Cl)c1)n1c(CCl)nc2c(F)cccc21. The Morgan fingerprint density at radius 3 is 2.71 bits per heavy atom. The Morgan fingerprint density at radius 2 is 2.00 bits per heavy atom. The van der Waals surface area contributed by atoms with Gasteiger partial charge in [0.1, 0.15) is 11.3 Å². The topological polar surface area (TPSA) is 17.8 Å². The molecule has 1 atom stereocenters. The van der Waals surface area contributed by atoms with E-state index < -0.39 is 0 Å². The van der Waals surface area contributed by atoms with Crippen LogP contribution in [0.1, 0.15) is 24.4 Å². The number of aromatic nitrogens is 2. The van der Waals surface area contributed by atoms with Crippen molar-refractivity contribution in [2.24, 2.45) is 0 Å². The second-order valence-electron chi connectivity index (χ2n) is 4.87. The minimum atomic E-state index is -0.337. The van der Waals surface area contributed by atoms with Crippen molar-refractivity contribution in [2.45, 2.75) is 18.8 Å². The Morgan fingerprint density at radius 1 is 1.24 bits per heavy atom. The standard InChI is InChI=1S/C16H13Cl2FN2/c1-10(11-4-2-5-12(18)8-11)21-14-7-3-6-13(19)16(14)20-15(21)9-17/h2-8,10H,9H2,1H3. The van der Waals surface area contributed by atoms with Gasteiger partial charge < -0.3 is 4.57 Å². The van der Waals surface area contributed by atoms with Gasteiger partial charge in [-0.25, -0.2) is 9.37 Å². The first-order valence-electron chi connectivity index (χ1n) is 6.58. The Balaban J connectivity index is 2.21. The Labute approximate surface area is 132 Å². The molecule has 108 valence electrons. The monoisotopic (exact) mass is 322 g/mol. The van der Waals surface area contributed by atoms with Gasteiger partial charge in [0.25, 0.3) is 0 Å². The highest BCUT2D eigenvalue weighted by Gasteiger charge is 2.18. The molecule has 3 aromatic rings. The number of rotatable bonds is 3. The summed E-state index contributed by atoms with van der Waals surface area (Å²) in [4.78, 5) is 4.32. The molecule has 0 aliphatic rings. The quantitative estimate of drug-likeness (QED) is 0.608. The zero-order valence-corrected chi connectivity index (χ0v) is 12.9. The van der Waals surface area contributed by atoms with Gasteiger partial charge in [-0.2, -0.15) is 0 Å². The molecule has 3 rings (SSSR count). The normalized spacial score (nSPS) is 12.8. The summed E-state index contributed by atoms with van der Waals surface area (Å²) < 4.78 is 15.9. The molecule has 2 nitrogen and oxygen atoms in total. The van der Waals surface area contributed by atoms with E-state index in [-0.39, 0.29) is 17.7 Å². The first kappa shape index (κ1) is 14.4. The number of hydrogen-bond donors (Lipinski definition) is 0. The zero-order valence-electron chi connectivity index (χ0n) is 11.4. The van der Waals surface area contributed by atoms with Crippen LogP contribution < -0.4 is 0 Å². The summed E-state index contributed by atoms with van der Waals surface area (Å²) in [6, 6.07) is 12.5. The van der Waals surface area contributed by atoms with Crippen LogP contribution in [0.15, 0.2) is 42.5 Å². The molecule has 2 aromatic carbocycles. The van der Waals surface area contributed by atoms with E-state index in [1.165, 1.54) is 6.07 Å². The molecule has 5 heteroatoms. The molecule has 1 unspecified atom stereocenters. The molecule has 21 heavy (non-hydrogen) atoms. The molecule has 0 amide bonds. The van der Waals surface area contributed by atoms with E-state index in [0.29, 0.717) is 16.4 Å². The first-order chi connectivity index (χ1) is 10.1. The molecular weight excluding hydrogens is 310 g/mol. The summed E-state index contributed by atoms with van der Waals surface area (Å²) in [7, 11) is 0. The van der Waals surface area contributed by atoms with E-state index in [4.69, 9.17) is 23.2 Å². The maximum absolute atomic E-state index is 13.9. The molecule has 0 radical (unpaired) electrons. The van der Waals surface area contributed by atoms with Crippen LogP contribution in [0.3, 0.4) is 0 Å². The fourth-order valence-corrected chi connectivity index (χ4v) is 2.96. The molecule has 0 N–H and O–H groups in total. The lowest BCUT2D eigenvalue weighted by atomic mass is 10.1. The molecule has 0 spiro atoms. The van der Waals surface area contributed by atoms with Gasteiger partial charge in [0.15, 0.2) is 5.82 Å². The summed E-state index contributed by atoms with van der Waals surface area (Å²) in [6.45, 7) is 2.02. The predicted molar refractivity (Wildman–Crippen MR) is 84.5 cm³/mol. The van der Waals surface area contributed by atoms with Crippen LogP contribution >= 0.6 is 23.2 Å². The number of para-hydroxylation sites is 1. The van der Waals surface area contributed by atoms with Crippen molar-refractivity contribution in [3.8, 4) is 0 Å². The third-order valence-corrected chi connectivity index (χ3v) is 4.06. The van der Waals surface area contributed by atoms with Gasteiger partial charge in [0.2, 0.25) is 0 Å². The number of imidazole rings is 1. The fraction of sp³-hybridized carbons (Fsp3) is 0.188. The number of halogens is 3. The van der Waals surface area contributed by atoms with E-state index >= 15 is 0 Å². The van der Waals surface area contributed by atoms with E-state index in [2.05, 4.69) is 4.98 Å². The highest BCUT2D eigenvalue weighted by molar-refractivity contribution is 6.30. The Hall–Kier alpha value is -1.58. The Kier molecular flexibility index (Phi) is 3.87. The number of fused-ring (bicyclic) bond motifs is 1. The lowest BCUT2D eigenvalue weighted by Crippen LogP contribution is -2.09. The van der Waals surface area contributed by atoms with E-state index in [1.54, 1.807) is 6.07 Å². The number of alkyl halides is 1. The van der Waals surface area contributed by atoms with Crippen molar-refractivity contribution < 1.29 is 4.39 Å². The highest BCUT2D eigenvalue weighted by atomic mass is 35.5. The maximum Gasteiger partial charge on any atom is 0.151 e. The van der Waals surface area contributed by atoms with Crippen molar-refractivity contribution in [2.75, 3.05) is 0 Å². The van der Waals surface area contributed by atoms with Crippen LogP contribution in [-0.4, -0.2) is 9.55 Å². The Bertz CT molecular complexity index is 798. The summed E-state index contributed by atoms with van der Waals surface area (Å²) in [6.07, 6.45) is 0. The largest absolute Gasteiger partial charge is 0.320 e. The summed E-state index contributed by atoms with van der Waals surface area (Å²) in [5.41, 5.74) is 2.11. The van der Waals surface area contributed by atoms with Crippen LogP contribution in [0.4, 0.5) is 4.39 Å². The van der Waals surface area contributed by atoms with E-state index in [1.807, 2.05) is 41.8 Å². The van der Waals surface area contributed by atoms with Gasteiger partial charge in [-0.15, -0.1) is 11.6 Å².